The largest absolute Gasteiger partial charge is 0.497 e. The van der Waals surface area contributed by atoms with Crippen LogP contribution in [0.15, 0.2) is 18.2 Å². The van der Waals surface area contributed by atoms with E-state index in [0.29, 0.717) is 6.04 Å². The summed E-state index contributed by atoms with van der Waals surface area (Å²) in [6, 6.07) is 6.50. The molecule has 2 aliphatic rings. The highest BCUT2D eigenvalue weighted by Crippen LogP contribution is 2.27. The topological polar surface area (TPSA) is 45.2 Å². The summed E-state index contributed by atoms with van der Waals surface area (Å²) in [4.78, 5) is 5.15. The third-order valence-electron chi connectivity index (χ3n) is 6.19. The van der Waals surface area contributed by atoms with E-state index in [1.54, 1.807) is 14.2 Å². The number of aliphatic hydroxyl groups is 1. The second-order valence-corrected chi connectivity index (χ2v) is 8.12. The monoisotopic (exact) mass is 376 g/mol. The van der Waals surface area contributed by atoms with Crippen molar-refractivity contribution in [1.82, 2.24) is 9.80 Å². The summed E-state index contributed by atoms with van der Waals surface area (Å²) in [5, 5.41) is 9.59. The average Bonchev–Trinajstić information content (AvgIpc) is 2.70. The van der Waals surface area contributed by atoms with E-state index in [-0.39, 0.29) is 6.61 Å². The molecule has 0 aromatic heterocycles. The van der Waals surface area contributed by atoms with E-state index in [1.807, 2.05) is 6.07 Å². The maximum absolute atomic E-state index is 9.59. The zero-order chi connectivity index (χ0) is 19.1. The van der Waals surface area contributed by atoms with Crippen molar-refractivity contribution in [2.45, 2.75) is 51.1 Å². The number of benzene rings is 1. The molecule has 0 spiro atoms. The van der Waals surface area contributed by atoms with Crippen LogP contribution < -0.4 is 9.47 Å². The van der Waals surface area contributed by atoms with Gasteiger partial charge in [0, 0.05) is 51.4 Å². The Morgan fingerprint density at radius 2 is 1.70 bits per heavy atom. The summed E-state index contributed by atoms with van der Waals surface area (Å²) in [6.07, 6.45) is 7.86. The highest BCUT2D eigenvalue weighted by atomic mass is 16.5. The number of methoxy groups -OCH3 is 2. The number of hydrogen-bond acceptors (Lipinski definition) is 5. The molecule has 1 aliphatic heterocycles. The third kappa shape index (κ3) is 5.84. The van der Waals surface area contributed by atoms with Gasteiger partial charge in [-0.05, 0) is 42.9 Å². The molecule has 3 rings (SSSR count). The maximum atomic E-state index is 9.59. The van der Waals surface area contributed by atoms with Crippen LogP contribution in [0.2, 0.25) is 0 Å². The Morgan fingerprint density at radius 3 is 2.33 bits per heavy atom. The number of ether oxygens (including phenoxy) is 2. The molecule has 1 saturated heterocycles. The third-order valence-corrected chi connectivity index (χ3v) is 6.19. The Bertz CT molecular complexity index is 552. The van der Waals surface area contributed by atoms with E-state index in [9.17, 15) is 5.11 Å². The highest BCUT2D eigenvalue weighted by molar-refractivity contribution is 5.38. The molecule has 1 N–H and O–H groups in total. The van der Waals surface area contributed by atoms with Gasteiger partial charge in [-0.1, -0.05) is 19.3 Å². The molecular weight excluding hydrogens is 340 g/mol. The predicted octanol–water partition coefficient (Wildman–Crippen LogP) is 3.15. The lowest BCUT2D eigenvalue weighted by molar-refractivity contribution is 0.0426. The Kier molecular flexibility index (Phi) is 7.80. The molecule has 5 nitrogen and oxygen atoms in total. The second kappa shape index (κ2) is 10.3. The van der Waals surface area contributed by atoms with Crippen LogP contribution >= 0.6 is 0 Å². The molecule has 0 radical (unpaired) electrons. The first kappa shape index (κ1) is 20.4. The van der Waals surface area contributed by atoms with Gasteiger partial charge in [-0.25, -0.2) is 0 Å². The smallest absolute Gasteiger partial charge is 0.122 e. The fourth-order valence-electron chi connectivity index (χ4n) is 4.68. The number of hydrogen-bond donors (Lipinski definition) is 1. The fraction of sp³-hybridized carbons (Fsp3) is 0.727. The minimum Gasteiger partial charge on any atom is -0.497 e. The Balaban J connectivity index is 1.61. The van der Waals surface area contributed by atoms with Crippen LogP contribution in [0.4, 0.5) is 0 Å². The molecule has 1 saturated carbocycles. The van der Waals surface area contributed by atoms with Crippen molar-refractivity contribution < 1.29 is 14.6 Å². The van der Waals surface area contributed by atoms with Crippen molar-refractivity contribution in [2.75, 3.05) is 47.0 Å². The summed E-state index contributed by atoms with van der Waals surface area (Å²) in [5.74, 6) is 2.54. The molecule has 0 bridgehead atoms. The lowest BCUT2D eigenvalue weighted by Gasteiger charge is -2.43. The molecule has 5 heteroatoms. The fourth-order valence-corrected chi connectivity index (χ4v) is 4.68. The summed E-state index contributed by atoms with van der Waals surface area (Å²) in [7, 11) is 3.38. The van der Waals surface area contributed by atoms with E-state index in [2.05, 4.69) is 21.9 Å². The van der Waals surface area contributed by atoms with Gasteiger partial charge in [0.05, 0.1) is 14.2 Å². The molecule has 1 heterocycles. The van der Waals surface area contributed by atoms with Crippen LogP contribution in [0.1, 0.15) is 44.1 Å². The SMILES string of the molecule is COc1cc(CN2CCN(CC3CCCCC3)CC2CCO)cc(OC)c1. The average molecular weight is 377 g/mol. The van der Waals surface area contributed by atoms with E-state index in [0.717, 1.165) is 50.0 Å². The first-order valence-electron chi connectivity index (χ1n) is 10.5. The Morgan fingerprint density at radius 1 is 1.00 bits per heavy atom. The van der Waals surface area contributed by atoms with Crippen molar-refractivity contribution in [2.24, 2.45) is 5.92 Å². The summed E-state index contributed by atoms with van der Waals surface area (Å²) in [5.41, 5.74) is 1.20. The maximum Gasteiger partial charge on any atom is 0.122 e. The van der Waals surface area contributed by atoms with E-state index in [4.69, 9.17) is 9.47 Å². The number of piperazine rings is 1. The predicted molar refractivity (Wildman–Crippen MR) is 108 cm³/mol. The van der Waals surface area contributed by atoms with Gasteiger partial charge in [0.25, 0.3) is 0 Å². The zero-order valence-corrected chi connectivity index (χ0v) is 17.0. The number of nitrogens with zero attached hydrogens (tertiary/aromatic N) is 2. The van der Waals surface area contributed by atoms with Gasteiger partial charge in [-0.3, -0.25) is 4.90 Å². The van der Waals surface area contributed by atoms with Crippen molar-refractivity contribution in [3.8, 4) is 11.5 Å². The summed E-state index contributed by atoms with van der Waals surface area (Å²) in [6.45, 7) is 5.60. The molecule has 27 heavy (non-hydrogen) atoms. The van der Waals surface area contributed by atoms with E-state index >= 15 is 0 Å². The standard InChI is InChI=1S/C22H36N2O3/c1-26-21-12-19(13-22(14-21)27-2)16-24-10-9-23(17-20(24)8-11-25)15-18-6-4-3-5-7-18/h12-14,18,20,25H,3-11,15-17H2,1-2H3. The second-order valence-electron chi connectivity index (χ2n) is 8.12. The van der Waals surface area contributed by atoms with Crippen molar-refractivity contribution in [3.63, 3.8) is 0 Å². The summed E-state index contributed by atoms with van der Waals surface area (Å²) < 4.78 is 10.8. The van der Waals surface area contributed by atoms with Gasteiger partial charge >= 0.3 is 0 Å². The van der Waals surface area contributed by atoms with Crippen LogP contribution in [-0.4, -0.2) is 68.0 Å². The molecule has 2 fully saturated rings. The van der Waals surface area contributed by atoms with Crippen LogP contribution in [0.5, 0.6) is 11.5 Å². The molecule has 1 unspecified atom stereocenters. The minimum absolute atomic E-state index is 0.250. The first-order valence-corrected chi connectivity index (χ1v) is 10.5. The van der Waals surface area contributed by atoms with Gasteiger partial charge in [0.1, 0.15) is 11.5 Å². The van der Waals surface area contributed by atoms with Gasteiger partial charge < -0.3 is 19.5 Å². The van der Waals surface area contributed by atoms with Gasteiger partial charge in [-0.2, -0.15) is 0 Å². The number of aliphatic hydroxyl groups excluding tert-OH is 1. The lowest BCUT2D eigenvalue weighted by atomic mass is 9.88. The van der Waals surface area contributed by atoms with Crippen LogP contribution in [0.3, 0.4) is 0 Å². The van der Waals surface area contributed by atoms with Gasteiger partial charge in [-0.15, -0.1) is 0 Å². The molecular formula is C22H36N2O3. The first-order chi connectivity index (χ1) is 13.2. The molecule has 152 valence electrons. The summed E-state index contributed by atoms with van der Waals surface area (Å²) >= 11 is 0. The Labute approximate surface area is 164 Å². The quantitative estimate of drug-likeness (QED) is 0.755. The van der Waals surface area contributed by atoms with Crippen molar-refractivity contribution in [1.29, 1.82) is 0 Å². The number of rotatable bonds is 8. The molecule has 1 aromatic carbocycles. The highest BCUT2D eigenvalue weighted by Gasteiger charge is 2.28. The minimum atomic E-state index is 0.250. The van der Waals surface area contributed by atoms with E-state index < -0.39 is 0 Å². The van der Waals surface area contributed by atoms with Crippen LogP contribution in [0, 0.1) is 5.92 Å². The van der Waals surface area contributed by atoms with Gasteiger partial charge in [0.2, 0.25) is 0 Å². The molecule has 0 amide bonds. The normalized spacial score (nSPS) is 22.7. The van der Waals surface area contributed by atoms with E-state index in [1.165, 1.54) is 44.2 Å². The lowest BCUT2D eigenvalue weighted by Crippen LogP contribution is -2.53. The van der Waals surface area contributed by atoms with Crippen molar-refractivity contribution >= 4 is 0 Å². The van der Waals surface area contributed by atoms with Crippen LogP contribution in [-0.2, 0) is 6.54 Å². The van der Waals surface area contributed by atoms with Gasteiger partial charge in [0.15, 0.2) is 0 Å². The molecule has 1 aliphatic carbocycles. The zero-order valence-electron chi connectivity index (χ0n) is 17.0. The van der Waals surface area contributed by atoms with Crippen LogP contribution in [0.25, 0.3) is 0 Å². The van der Waals surface area contributed by atoms with Crippen molar-refractivity contribution in [3.05, 3.63) is 23.8 Å². The Hall–Kier alpha value is -1.30. The molecule has 1 atom stereocenters. The molecule has 1 aromatic rings.